The summed E-state index contributed by atoms with van der Waals surface area (Å²) in [4.78, 5) is 13.1. The van der Waals surface area contributed by atoms with Crippen LogP contribution in [-0.2, 0) is 4.79 Å². The molecule has 0 aromatic rings. The quantitative estimate of drug-likeness (QED) is 0.636. The number of aliphatic hydroxyl groups is 1. The van der Waals surface area contributed by atoms with Crippen molar-refractivity contribution in [3.05, 3.63) is 0 Å². The van der Waals surface area contributed by atoms with E-state index in [1.54, 1.807) is 11.8 Å². The van der Waals surface area contributed by atoms with E-state index in [9.17, 15) is 9.90 Å². The third-order valence-electron chi connectivity index (χ3n) is 2.47. The van der Waals surface area contributed by atoms with Crippen LogP contribution in [0.1, 0.15) is 26.2 Å². The number of carbonyl (C=O) groups excluding carboxylic acids is 1. The summed E-state index contributed by atoms with van der Waals surface area (Å²) in [5, 5.41) is 9.17. The standard InChI is InChI=1S/C9H18N2O2/c1-7(12)8(10)6-11-5-3-2-4-9(11)13/h7-8,12H,2-6,10H2,1H3. The molecule has 2 unspecified atom stereocenters. The van der Waals surface area contributed by atoms with Gasteiger partial charge in [-0.3, -0.25) is 4.79 Å². The van der Waals surface area contributed by atoms with Crippen molar-refractivity contribution in [3.8, 4) is 0 Å². The summed E-state index contributed by atoms with van der Waals surface area (Å²) in [6.45, 7) is 2.93. The number of aliphatic hydroxyl groups excluding tert-OH is 1. The van der Waals surface area contributed by atoms with E-state index >= 15 is 0 Å². The van der Waals surface area contributed by atoms with Crippen molar-refractivity contribution >= 4 is 5.91 Å². The molecule has 0 aliphatic carbocycles. The Morgan fingerprint density at radius 2 is 2.31 bits per heavy atom. The summed E-state index contributed by atoms with van der Waals surface area (Å²) in [6.07, 6.45) is 2.12. The van der Waals surface area contributed by atoms with E-state index in [-0.39, 0.29) is 11.9 Å². The van der Waals surface area contributed by atoms with E-state index in [1.165, 1.54) is 0 Å². The summed E-state index contributed by atoms with van der Waals surface area (Å²) in [5.41, 5.74) is 5.67. The van der Waals surface area contributed by atoms with Gasteiger partial charge in [0.05, 0.1) is 6.10 Å². The average molecular weight is 186 g/mol. The van der Waals surface area contributed by atoms with Crippen molar-refractivity contribution in [1.82, 2.24) is 4.90 Å². The molecule has 1 saturated heterocycles. The zero-order chi connectivity index (χ0) is 9.84. The predicted molar refractivity (Wildman–Crippen MR) is 50.1 cm³/mol. The molecule has 0 spiro atoms. The van der Waals surface area contributed by atoms with Crippen molar-refractivity contribution in [2.45, 2.75) is 38.3 Å². The fourth-order valence-electron chi connectivity index (χ4n) is 1.46. The van der Waals surface area contributed by atoms with Gasteiger partial charge >= 0.3 is 0 Å². The minimum absolute atomic E-state index is 0.169. The van der Waals surface area contributed by atoms with E-state index in [0.29, 0.717) is 13.0 Å². The average Bonchev–Trinajstić information content (AvgIpc) is 2.08. The fourth-order valence-corrected chi connectivity index (χ4v) is 1.46. The predicted octanol–water partition coefficient (Wildman–Crippen LogP) is -0.293. The van der Waals surface area contributed by atoms with Crippen molar-refractivity contribution in [2.24, 2.45) is 5.73 Å². The Balaban J connectivity index is 2.38. The van der Waals surface area contributed by atoms with Crippen LogP contribution in [0, 0.1) is 0 Å². The highest BCUT2D eigenvalue weighted by Gasteiger charge is 2.21. The second kappa shape index (κ2) is 4.58. The fraction of sp³-hybridized carbons (Fsp3) is 0.889. The number of piperidine rings is 1. The smallest absolute Gasteiger partial charge is 0.222 e. The minimum Gasteiger partial charge on any atom is -0.392 e. The molecular formula is C9H18N2O2. The van der Waals surface area contributed by atoms with Gasteiger partial charge in [-0.15, -0.1) is 0 Å². The van der Waals surface area contributed by atoms with E-state index < -0.39 is 6.10 Å². The van der Waals surface area contributed by atoms with Crippen LogP contribution in [-0.4, -0.2) is 41.1 Å². The summed E-state index contributed by atoms with van der Waals surface area (Å²) < 4.78 is 0. The third-order valence-corrected chi connectivity index (χ3v) is 2.47. The number of carbonyl (C=O) groups is 1. The molecule has 76 valence electrons. The molecule has 4 nitrogen and oxygen atoms in total. The van der Waals surface area contributed by atoms with Gasteiger partial charge in [0.2, 0.25) is 5.91 Å². The van der Waals surface area contributed by atoms with Crippen LogP contribution < -0.4 is 5.73 Å². The maximum Gasteiger partial charge on any atom is 0.222 e. The lowest BCUT2D eigenvalue weighted by molar-refractivity contribution is -0.133. The zero-order valence-corrected chi connectivity index (χ0v) is 8.07. The molecule has 0 saturated carbocycles. The van der Waals surface area contributed by atoms with Crippen LogP contribution in [0.2, 0.25) is 0 Å². The molecule has 4 heteroatoms. The van der Waals surface area contributed by atoms with Crippen molar-refractivity contribution in [1.29, 1.82) is 0 Å². The van der Waals surface area contributed by atoms with Gasteiger partial charge < -0.3 is 15.7 Å². The normalized spacial score (nSPS) is 23.0. The Morgan fingerprint density at radius 1 is 1.62 bits per heavy atom. The van der Waals surface area contributed by atoms with E-state index in [2.05, 4.69) is 0 Å². The molecule has 0 radical (unpaired) electrons. The summed E-state index contributed by atoms with van der Waals surface area (Å²) in [7, 11) is 0. The highest BCUT2D eigenvalue weighted by Crippen LogP contribution is 2.10. The highest BCUT2D eigenvalue weighted by molar-refractivity contribution is 5.76. The Morgan fingerprint density at radius 3 is 2.85 bits per heavy atom. The molecule has 1 fully saturated rings. The van der Waals surface area contributed by atoms with Gasteiger partial charge in [0, 0.05) is 25.6 Å². The Labute approximate surface area is 78.7 Å². The largest absolute Gasteiger partial charge is 0.392 e. The lowest BCUT2D eigenvalue weighted by atomic mass is 10.1. The molecule has 0 aromatic heterocycles. The van der Waals surface area contributed by atoms with Gasteiger partial charge in [-0.25, -0.2) is 0 Å². The van der Waals surface area contributed by atoms with Crippen molar-refractivity contribution in [3.63, 3.8) is 0 Å². The van der Waals surface area contributed by atoms with E-state index in [1.807, 2.05) is 0 Å². The highest BCUT2D eigenvalue weighted by atomic mass is 16.3. The lowest BCUT2D eigenvalue weighted by Crippen LogP contribution is -2.47. The van der Waals surface area contributed by atoms with E-state index in [4.69, 9.17) is 5.73 Å². The van der Waals surface area contributed by atoms with Crippen LogP contribution in [0.5, 0.6) is 0 Å². The molecule has 13 heavy (non-hydrogen) atoms. The lowest BCUT2D eigenvalue weighted by Gasteiger charge is -2.30. The first-order valence-corrected chi connectivity index (χ1v) is 4.82. The number of rotatable bonds is 3. The van der Waals surface area contributed by atoms with Gasteiger partial charge in [-0.2, -0.15) is 0 Å². The number of hydrogen-bond donors (Lipinski definition) is 2. The van der Waals surface area contributed by atoms with Crippen LogP contribution >= 0.6 is 0 Å². The molecule has 1 rings (SSSR count). The molecule has 0 aromatic carbocycles. The van der Waals surface area contributed by atoms with Crippen molar-refractivity contribution < 1.29 is 9.90 Å². The van der Waals surface area contributed by atoms with Crippen molar-refractivity contribution in [2.75, 3.05) is 13.1 Å². The van der Waals surface area contributed by atoms with Crippen LogP contribution in [0.4, 0.5) is 0 Å². The number of nitrogens with zero attached hydrogens (tertiary/aromatic N) is 1. The van der Waals surface area contributed by atoms with Gasteiger partial charge in [0.1, 0.15) is 0 Å². The maximum absolute atomic E-state index is 11.3. The first-order valence-electron chi connectivity index (χ1n) is 4.82. The number of nitrogens with two attached hydrogens (primary N) is 1. The molecule has 1 amide bonds. The second-order valence-corrected chi connectivity index (χ2v) is 3.70. The number of likely N-dealkylation sites (tertiary alicyclic amines) is 1. The van der Waals surface area contributed by atoms with Gasteiger partial charge in [0.25, 0.3) is 0 Å². The maximum atomic E-state index is 11.3. The Hall–Kier alpha value is -0.610. The van der Waals surface area contributed by atoms with Crippen LogP contribution in [0.25, 0.3) is 0 Å². The Bertz CT molecular complexity index is 182. The third kappa shape index (κ3) is 2.97. The molecule has 1 heterocycles. The summed E-state index contributed by atoms with van der Waals surface area (Å²) in [5.74, 6) is 0.169. The number of amides is 1. The molecule has 1 aliphatic rings. The van der Waals surface area contributed by atoms with Crippen LogP contribution in [0.3, 0.4) is 0 Å². The molecule has 2 atom stereocenters. The van der Waals surface area contributed by atoms with Gasteiger partial charge in [-0.05, 0) is 19.8 Å². The molecule has 3 N–H and O–H groups in total. The van der Waals surface area contributed by atoms with E-state index in [0.717, 1.165) is 19.4 Å². The first-order chi connectivity index (χ1) is 6.11. The number of hydrogen-bond acceptors (Lipinski definition) is 3. The second-order valence-electron chi connectivity index (χ2n) is 3.70. The monoisotopic (exact) mass is 186 g/mol. The summed E-state index contributed by atoms with van der Waals surface area (Å²) in [6, 6.07) is -0.318. The van der Waals surface area contributed by atoms with Gasteiger partial charge in [0.15, 0.2) is 0 Å². The molecule has 0 bridgehead atoms. The zero-order valence-electron chi connectivity index (χ0n) is 8.07. The minimum atomic E-state index is -0.547. The van der Waals surface area contributed by atoms with Crippen LogP contribution in [0.15, 0.2) is 0 Å². The Kier molecular flexibility index (Phi) is 3.69. The molecular weight excluding hydrogens is 168 g/mol. The van der Waals surface area contributed by atoms with Gasteiger partial charge in [-0.1, -0.05) is 0 Å². The molecule has 1 aliphatic heterocycles. The first kappa shape index (κ1) is 10.5. The summed E-state index contributed by atoms with van der Waals surface area (Å²) >= 11 is 0. The topological polar surface area (TPSA) is 66.6 Å². The SMILES string of the molecule is CC(O)C(N)CN1CCCCC1=O.